The average Bonchev–Trinajstić information content (AvgIpc) is 2.84. The Balaban J connectivity index is 2.18. The molecule has 3 rings (SSSR count). The van der Waals surface area contributed by atoms with Crippen LogP contribution >= 0.6 is 11.3 Å². The van der Waals surface area contributed by atoms with Crippen LogP contribution < -0.4 is 11.3 Å². The average molecular weight is 273 g/mol. The van der Waals surface area contributed by atoms with Gasteiger partial charge in [0.2, 0.25) is 4.96 Å². The summed E-state index contributed by atoms with van der Waals surface area (Å²) in [5, 5.41) is 13.1. The smallest absolute Gasteiger partial charge is 0.302 e. The zero-order valence-corrected chi connectivity index (χ0v) is 10.8. The zero-order valence-electron chi connectivity index (χ0n) is 9.98. The Morgan fingerprint density at radius 3 is 2.74 bits per heavy atom. The summed E-state index contributed by atoms with van der Waals surface area (Å²) in [6.45, 7) is 0.494. The van der Waals surface area contributed by atoms with Gasteiger partial charge in [-0.15, -0.1) is 10.2 Å². The van der Waals surface area contributed by atoms with Gasteiger partial charge in [-0.2, -0.15) is 9.61 Å². The second kappa shape index (κ2) is 4.87. The molecule has 0 unspecified atom stereocenters. The first-order chi connectivity index (χ1) is 9.29. The van der Waals surface area contributed by atoms with Crippen molar-refractivity contribution in [2.24, 2.45) is 5.73 Å². The first kappa shape index (κ1) is 11.9. The molecule has 0 amide bonds. The van der Waals surface area contributed by atoms with Gasteiger partial charge in [0.05, 0.1) is 0 Å². The fourth-order valence-electron chi connectivity index (χ4n) is 1.76. The first-order valence-electron chi connectivity index (χ1n) is 5.80. The summed E-state index contributed by atoms with van der Waals surface area (Å²) in [6.07, 6.45) is 0.633. The monoisotopic (exact) mass is 273 g/mol. The van der Waals surface area contributed by atoms with Crippen molar-refractivity contribution >= 4 is 16.3 Å². The van der Waals surface area contributed by atoms with E-state index in [2.05, 4.69) is 15.3 Å². The highest BCUT2D eigenvalue weighted by molar-refractivity contribution is 7.16. The van der Waals surface area contributed by atoms with E-state index in [1.807, 2.05) is 30.3 Å². The van der Waals surface area contributed by atoms with Crippen molar-refractivity contribution in [2.45, 2.75) is 6.42 Å². The molecule has 0 saturated carbocycles. The molecule has 2 N–H and O–H groups in total. The molecule has 0 aliphatic heterocycles. The van der Waals surface area contributed by atoms with Crippen LogP contribution in [0.3, 0.4) is 0 Å². The summed E-state index contributed by atoms with van der Waals surface area (Å²) in [4.78, 5) is 12.8. The second-order valence-corrected chi connectivity index (χ2v) is 4.99. The van der Waals surface area contributed by atoms with E-state index in [0.717, 1.165) is 10.6 Å². The third kappa shape index (κ3) is 2.13. The molecule has 0 radical (unpaired) electrons. The van der Waals surface area contributed by atoms with Crippen molar-refractivity contribution in [3.8, 4) is 11.3 Å². The molecule has 96 valence electrons. The fraction of sp³-hybridized carbons (Fsp3) is 0.167. The zero-order chi connectivity index (χ0) is 13.2. The lowest BCUT2D eigenvalue weighted by Crippen LogP contribution is -2.19. The number of fused-ring (bicyclic) bond motifs is 1. The maximum absolute atomic E-state index is 12.3. The number of nitrogens with two attached hydrogens (primary N) is 1. The number of aromatic nitrogens is 4. The van der Waals surface area contributed by atoms with Crippen molar-refractivity contribution in [1.29, 1.82) is 0 Å². The Morgan fingerprint density at radius 2 is 2.00 bits per heavy atom. The lowest BCUT2D eigenvalue weighted by Gasteiger charge is -1.97. The molecule has 3 aromatic rings. The van der Waals surface area contributed by atoms with Gasteiger partial charge >= 0.3 is 5.56 Å². The third-order valence-electron chi connectivity index (χ3n) is 2.64. The fourth-order valence-corrected chi connectivity index (χ4v) is 2.60. The van der Waals surface area contributed by atoms with Crippen molar-refractivity contribution in [2.75, 3.05) is 6.54 Å². The molecule has 1 aromatic carbocycles. The molecule has 0 bridgehead atoms. The predicted octanol–water partition coefficient (Wildman–Crippen LogP) is 0.714. The van der Waals surface area contributed by atoms with Crippen LogP contribution in [0.1, 0.15) is 5.01 Å². The second-order valence-electron chi connectivity index (χ2n) is 3.95. The molecule has 0 fully saturated rings. The minimum atomic E-state index is -0.254. The molecule has 2 aromatic heterocycles. The number of rotatable bonds is 3. The summed E-state index contributed by atoms with van der Waals surface area (Å²) in [5.74, 6) is 0. The number of hydrogen-bond acceptors (Lipinski definition) is 6. The standard InChI is InChI=1S/C12H11N5OS/c13-7-6-9-16-17-11(18)10(14-15-12(17)19-9)8-4-2-1-3-5-8/h1-5H,6-7,13H2. The van der Waals surface area contributed by atoms with E-state index in [9.17, 15) is 4.79 Å². The highest BCUT2D eigenvalue weighted by Crippen LogP contribution is 2.14. The molecule has 0 atom stereocenters. The van der Waals surface area contributed by atoms with Gasteiger partial charge in [0.15, 0.2) is 5.69 Å². The van der Waals surface area contributed by atoms with Gasteiger partial charge in [-0.25, -0.2) is 0 Å². The van der Waals surface area contributed by atoms with E-state index in [4.69, 9.17) is 5.73 Å². The summed E-state index contributed by atoms with van der Waals surface area (Å²) in [5.41, 5.74) is 6.28. The van der Waals surface area contributed by atoms with Gasteiger partial charge in [0, 0.05) is 12.0 Å². The Kier molecular flexibility index (Phi) is 3.06. The largest absolute Gasteiger partial charge is 0.330 e. The molecule has 6 nitrogen and oxygen atoms in total. The van der Waals surface area contributed by atoms with Crippen LogP contribution in [-0.4, -0.2) is 26.4 Å². The molecule has 0 aliphatic carbocycles. The van der Waals surface area contributed by atoms with Gasteiger partial charge in [-0.3, -0.25) is 4.79 Å². The number of hydrogen-bond donors (Lipinski definition) is 1. The van der Waals surface area contributed by atoms with Crippen LogP contribution in [0.4, 0.5) is 0 Å². The summed E-state index contributed by atoms with van der Waals surface area (Å²) in [6, 6.07) is 9.24. The minimum absolute atomic E-state index is 0.254. The first-order valence-corrected chi connectivity index (χ1v) is 6.62. The minimum Gasteiger partial charge on any atom is -0.330 e. The lowest BCUT2D eigenvalue weighted by molar-refractivity contribution is 0.818. The van der Waals surface area contributed by atoms with E-state index in [1.165, 1.54) is 15.9 Å². The van der Waals surface area contributed by atoms with Crippen LogP contribution in [0.2, 0.25) is 0 Å². The quantitative estimate of drug-likeness (QED) is 0.759. The van der Waals surface area contributed by atoms with E-state index in [-0.39, 0.29) is 5.56 Å². The predicted molar refractivity (Wildman–Crippen MR) is 73.1 cm³/mol. The van der Waals surface area contributed by atoms with Gasteiger partial charge in [-0.05, 0) is 6.54 Å². The summed E-state index contributed by atoms with van der Waals surface area (Å²) < 4.78 is 1.30. The maximum Gasteiger partial charge on any atom is 0.302 e. The van der Waals surface area contributed by atoms with Crippen LogP contribution in [0, 0.1) is 0 Å². The van der Waals surface area contributed by atoms with Crippen molar-refractivity contribution in [3.05, 3.63) is 45.7 Å². The lowest BCUT2D eigenvalue weighted by atomic mass is 10.2. The Labute approximate surface area is 112 Å². The Bertz CT molecular complexity index is 765. The van der Waals surface area contributed by atoms with E-state index in [0.29, 0.717) is 23.6 Å². The van der Waals surface area contributed by atoms with Crippen LogP contribution in [0.15, 0.2) is 35.1 Å². The molecule has 19 heavy (non-hydrogen) atoms. The molecule has 7 heteroatoms. The molecule has 0 aliphatic rings. The van der Waals surface area contributed by atoms with Crippen LogP contribution in [0.25, 0.3) is 16.2 Å². The normalized spacial score (nSPS) is 11.0. The highest BCUT2D eigenvalue weighted by atomic mass is 32.1. The topological polar surface area (TPSA) is 86.2 Å². The maximum atomic E-state index is 12.3. The number of benzene rings is 1. The molecule has 0 saturated heterocycles. The Hall–Kier alpha value is -2.12. The van der Waals surface area contributed by atoms with Gasteiger partial charge < -0.3 is 5.73 Å². The van der Waals surface area contributed by atoms with Gasteiger partial charge in [0.25, 0.3) is 0 Å². The molecule has 2 heterocycles. The van der Waals surface area contributed by atoms with Crippen molar-refractivity contribution in [1.82, 2.24) is 19.8 Å². The highest BCUT2D eigenvalue weighted by Gasteiger charge is 2.12. The SMILES string of the molecule is NCCc1nn2c(=O)c(-c3ccccc3)nnc2s1. The van der Waals surface area contributed by atoms with E-state index < -0.39 is 0 Å². The number of nitrogens with zero attached hydrogens (tertiary/aromatic N) is 4. The molecular formula is C12H11N5OS. The van der Waals surface area contributed by atoms with Crippen molar-refractivity contribution < 1.29 is 0 Å². The molecular weight excluding hydrogens is 262 g/mol. The summed E-state index contributed by atoms with van der Waals surface area (Å²) in [7, 11) is 0. The van der Waals surface area contributed by atoms with Crippen LogP contribution in [-0.2, 0) is 6.42 Å². The van der Waals surface area contributed by atoms with Crippen LogP contribution in [0.5, 0.6) is 0 Å². The third-order valence-corrected chi connectivity index (χ3v) is 3.60. The van der Waals surface area contributed by atoms with E-state index in [1.54, 1.807) is 0 Å². The van der Waals surface area contributed by atoms with E-state index >= 15 is 0 Å². The van der Waals surface area contributed by atoms with Gasteiger partial charge in [0.1, 0.15) is 5.01 Å². The van der Waals surface area contributed by atoms with Crippen molar-refractivity contribution in [3.63, 3.8) is 0 Å². The Morgan fingerprint density at radius 1 is 1.21 bits per heavy atom. The van der Waals surface area contributed by atoms with Gasteiger partial charge in [-0.1, -0.05) is 41.7 Å². The molecule has 0 spiro atoms. The summed E-state index contributed by atoms with van der Waals surface area (Å²) >= 11 is 1.34.